The Morgan fingerprint density at radius 2 is 1.47 bits per heavy atom. The van der Waals surface area contributed by atoms with Gasteiger partial charge in [-0.1, -0.05) is 0 Å². The highest BCUT2D eigenvalue weighted by atomic mass is 16.5. The summed E-state index contributed by atoms with van der Waals surface area (Å²) in [5.74, 6) is 1.01. The molecule has 1 N–H and O–H groups in total. The maximum absolute atomic E-state index is 12.2. The first-order valence-corrected chi connectivity index (χ1v) is 9.05. The SMILES string of the molecule is COc1ccc(NC(=O)[C@H](C)OC(=O)/C=C/c2cc(OC)c(OC)cc2OC)cc1. The van der Waals surface area contributed by atoms with E-state index >= 15 is 0 Å². The lowest BCUT2D eigenvalue weighted by Gasteiger charge is -2.13. The second-order valence-corrected chi connectivity index (χ2v) is 6.08. The Bertz CT molecular complexity index is 906. The molecule has 2 aromatic rings. The normalized spacial score (nSPS) is 11.5. The van der Waals surface area contributed by atoms with Gasteiger partial charge in [-0.3, -0.25) is 4.79 Å². The predicted molar refractivity (Wildman–Crippen MR) is 112 cm³/mol. The van der Waals surface area contributed by atoms with E-state index in [1.807, 2.05) is 0 Å². The summed E-state index contributed by atoms with van der Waals surface area (Å²) >= 11 is 0. The van der Waals surface area contributed by atoms with Gasteiger partial charge < -0.3 is 29.0 Å². The van der Waals surface area contributed by atoms with Crippen molar-refractivity contribution in [2.45, 2.75) is 13.0 Å². The summed E-state index contributed by atoms with van der Waals surface area (Å²) < 4.78 is 26.0. The van der Waals surface area contributed by atoms with Gasteiger partial charge in [0, 0.05) is 23.4 Å². The first kappa shape index (κ1) is 22.6. The number of methoxy groups -OCH3 is 4. The van der Waals surface area contributed by atoms with Crippen LogP contribution in [-0.2, 0) is 14.3 Å². The van der Waals surface area contributed by atoms with Crippen LogP contribution in [0.1, 0.15) is 12.5 Å². The minimum absolute atomic E-state index is 0.453. The van der Waals surface area contributed by atoms with Crippen molar-refractivity contribution in [1.82, 2.24) is 0 Å². The van der Waals surface area contributed by atoms with E-state index in [4.69, 9.17) is 23.7 Å². The number of esters is 1. The molecule has 0 spiro atoms. The van der Waals surface area contributed by atoms with Gasteiger partial charge in [0.25, 0.3) is 5.91 Å². The molecule has 160 valence electrons. The standard InChI is InChI=1S/C22H25NO7/c1-14(22(25)23-16-7-9-17(26-2)10-8-16)30-21(24)11-6-15-12-19(28-4)20(29-5)13-18(15)27-3/h6-14H,1-5H3,(H,23,25)/b11-6+/t14-/m0/s1. The second-order valence-electron chi connectivity index (χ2n) is 6.08. The topological polar surface area (TPSA) is 92.3 Å². The minimum Gasteiger partial charge on any atom is -0.497 e. The third-order valence-corrected chi connectivity index (χ3v) is 4.15. The van der Waals surface area contributed by atoms with Gasteiger partial charge in [0.2, 0.25) is 0 Å². The fraction of sp³-hybridized carbons (Fsp3) is 0.273. The molecule has 1 atom stereocenters. The molecule has 0 aliphatic carbocycles. The van der Waals surface area contributed by atoms with Gasteiger partial charge in [0.05, 0.1) is 28.4 Å². The molecule has 30 heavy (non-hydrogen) atoms. The molecule has 2 aromatic carbocycles. The highest BCUT2D eigenvalue weighted by molar-refractivity contribution is 5.96. The van der Waals surface area contributed by atoms with Crippen LogP contribution < -0.4 is 24.3 Å². The Kier molecular flexibility index (Phi) is 8.10. The van der Waals surface area contributed by atoms with Gasteiger partial charge in [0.15, 0.2) is 17.6 Å². The Hall–Kier alpha value is -3.68. The fourth-order valence-corrected chi connectivity index (χ4v) is 2.53. The average molecular weight is 415 g/mol. The van der Waals surface area contributed by atoms with Crippen molar-refractivity contribution >= 4 is 23.6 Å². The Morgan fingerprint density at radius 1 is 0.867 bits per heavy atom. The summed E-state index contributed by atoms with van der Waals surface area (Å²) in [6.45, 7) is 1.49. The number of hydrogen-bond donors (Lipinski definition) is 1. The average Bonchev–Trinajstić information content (AvgIpc) is 2.77. The van der Waals surface area contributed by atoms with Crippen molar-refractivity contribution in [3.05, 3.63) is 48.0 Å². The van der Waals surface area contributed by atoms with Crippen LogP contribution in [0.25, 0.3) is 6.08 Å². The third kappa shape index (κ3) is 5.91. The number of ether oxygens (including phenoxy) is 5. The number of rotatable bonds is 9. The lowest BCUT2D eigenvalue weighted by molar-refractivity contribution is -0.148. The van der Waals surface area contributed by atoms with E-state index in [0.717, 1.165) is 0 Å². The summed E-state index contributed by atoms with van der Waals surface area (Å²) in [5.41, 5.74) is 1.15. The van der Waals surface area contributed by atoms with E-state index in [2.05, 4.69) is 5.32 Å². The number of carbonyl (C=O) groups excluding carboxylic acids is 2. The van der Waals surface area contributed by atoms with Gasteiger partial charge >= 0.3 is 5.97 Å². The largest absolute Gasteiger partial charge is 0.497 e. The molecule has 0 saturated carbocycles. The van der Waals surface area contributed by atoms with Crippen LogP contribution in [-0.4, -0.2) is 46.4 Å². The molecule has 0 unspecified atom stereocenters. The second kappa shape index (κ2) is 10.8. The molecule has 0 radical (unpaired) electrons. The predicted octanol–water partition coefficient (Wildman–Crippen LogP) is 3.30. The number of hydrogen-bond acceptors (Lipinski definition) is 7. The number of anilines is 1. The van der Waals surface area contributed by atoms with Crippen molar-refractivity contribution in [3.8, 4) is 23.0 Å². The molecule has 0 fully saturated rings. The molecule has 2 rings (SSSR count). The van der Waals surface area contributed by atoms with E-state index in [1.165, 1.54) is 40.4 Å². The van der Waals surface area contributed by atoms with Crippen LogP contribution in [0.5, 0.6) is 23.0 Å². The Labute approximate surface area is 175 Å². The number of nitrogens with one attached hydrogen (secondary N) is 1. The molecule has 0 aliphatic rings. The number of amides is 1. The van der Waals surface area contributed by atoms with Crippen LogP contribution in [0.2, 0.25) is 0 Å². The van der Waals surface area contributed by atoms with E-state index in [0.29, 0.717) is 34.2 Å². The van der Waals surface area contributed by atoms with Gasteiger partial charge in [-0.05, 0) is 43.3 Å². The molecule has 0 heterocycles. The fourth-order valence-electron chi connectivity index (χ4n) is 2.53. The summed E-state index contributed by atoms with van der Waals surface area (Å²) in [7, 11) is 6.08. The Morgan fingerprint density at radius 3 is 2.03 bits per heavy atom. The molecular weight excluding hydrogens is 390 g/mol. The molecule has 0 saturated heterocycles. The van der Waals surface area contributed by atoms with Crippen molar-refractivity contribution in [2.24, 2.45) is 0 Å². The summed E-state index contributed by atoms with van der Waals surface area (Å²) in [4.78, 5) is 24.4. The molecule has 8 nitrogen and oxygen atoms in total. The van der Waals surface area contributed by atoms with E-state index < -0.39 is 18.0 Å². The molecule has 0 aromatic heterocycles. The smallest absolute Gasteiger partial charge is 0.331 e. The van der Waals surface area contributed by atoms with Gasteiger partial charge in [-0.25, -0.2) is 4.79 Å². The van der Waals surface area contributed by atoms with E-state index in [-0.39, 0.29) is 0 Å². The van der Waals surface area contributed by atoms with Crippen molar-refractivity contribution < 1.29 is 33.3 Å². The lowest BCUT2D eigenvalue weighted by atomic mass is 10.1. The van der Waals surface area contributed by atoms with Crippen LogP contribution in [0.4, 0.5) is 5.69 Å². The quantitative estimate of drug-likeness (QED) is 0.496. The first-order chi connectivity index (χ1) is 14.4. The van der Waals surface area contributed by atoms with Crippen LogP contribution >= 0.6 is 0 Å². The number of carbonyl (C=O) groups is 2. The zero-order valence-electron chi connectivity index (χ0n) is 17.6. The Balaban J connectivity index is 2.01. The first-order valence-electron chi connectivity index (χ1n) is 9.05. The van der Waals surface area contributed by atoms with E-state index in [1.54, 1.807) is 43.5 Å². The zero-order valence-corrected chi connectivity index (χ0v) is 17.6. The van der Waals surface area contributed by atoms with Crippen molar-refractivity contribution in [3.63, 3.8) is 0 Å². The van der Waals surface area contributed by atoms with Gasteiger partial charge in [-0.2, -0.15) is 0 Å². The maximum atomic E-state index is 12.2. The monoisotopic (exact) mass is 415 g/mol. The molecular formula is C22H25NO7. The van der Waals surface area contributed by atoms with Crippen LogP contribution in [0.3, 0.4) is 0 Å². The highest BCUT2D eigenvalue weighted by Gasteiger charge is 2.17. The third-order valence-electron chi connectivity index (χ3n) is 4.15. The summed E-state index contributed by atoms with van der Waals surface area (Å²) in [6, 6.07) is 10.1. The van der Waals surface area contributed by atoms with Crippen LogP contribution in [0, 0.1) is 0 Å². The van der Waals surface area contributed by atoms with E-state index in [9.17, 15) is 9.59 Å². The molecule has 0 bridgehead atoms. The summed E-state index contributed by atoms with van der Waals surface area (Å²) in [5, 5.41) is 2.67. The molecule has 0 aliphatic heterocycles. The van der Waals surface area contributed by atoms with Crippen molar-refractivity contribution in [2.75, 3.05) is 33.8 Å². The maximum Gasteiger partial charge on any atom is 0.331 e. The minimum atomic E-state index is -0.989. The lowest BCUT2D eigenvalue weighted by Crippen LogP contribution is -2.29. The number of benzene rings is 2. The van der Waals surface area contributed by atoms with Crippen LogP contribution in [0.15, 0.2) is 42.5 Å². The van der Waals surface area contributed by atoms with Gasteiger partial charge in [0.1, 0.15) is 11.5 Å². The molecule has 8 heteroatoms. The van der Waals surface area contributed by atoms with Gasteiger partial charge in [-0.15, -0.1) is 0 Å². The van der Waals surface area contributed by atoms with Crippen molar-refractivity contribution in [1.29, 1.82) is 0 Å². The molecule has 1 amide bonds. The summed E-state index contributed by atoms with van der Waals surface area (Å²) in [6.07, 6.45) is 1.73. The zero-order chi connectivity index (χ0) is 22.1. The highest BCUT2D eigenvalue weighted by Crippen LogP contribution is 2.35.